The third kappa shape index (κ3) is 4.77. The number of rotatable bonds is 8. The summed E-state index contributed by atoms with van der Waals surface area (Å²) < 4.78 is 15.2. The summed E-state index contributed by atoms with van der Waals surface area (Å²) in [7, 11) is -1.79. The summed E-state index contributed by atoms with van der Waals surface area (Å²) in [6.07, 6.45) is 6.92. The minimum absolute atomic E-state index is 0.0973. The van der Waals surface area contributed by atoms with Crippen LogP contribution in [0.25, 0.3) is 11.4 Å². The summed E-state index contributed by atoms with van der Waals surface area (Å²) in [5.74, 6) is 0.524. The standard InChI is InChI=1S/C26H36N6O3Si/c1-25(2,3)36(4,5)35-14-6-7-20-15-31(21-8-10-22(11-9-21)32-13-12-27-29-32)24(33)23(28-20)30-16-26(17-30)18-34-19-26/h8-13,15H,6-7,14,16-19H2,1-5H3. The van der Waals surface area contributed by atoms with Crippen LogP contribution in [-0.4, -0.2) is 65.8 Å². The van der Waals surface area contributed by atoms with Gasteiger partial charge in [0.25, 0.3) is 5.56 Å². The van der Waals surface area contributed by atoms with E-state index in [0.717, 1.165) is 56.2 Å². The molecule has 2 aliphatic rings. The number of ether oxygens (including phenoxy) is 1. The van der Waals surface area contributed by atoms with Gasteiger partial charge in [0.15, 0.2) is 14.1 Å². The number of aryl methyl sites for hydroxylation is 1. The van der Waals surface area contributed by atoms with Crippen molar-refractivity contribution in [1.29, 1.82) is 0 Å². The summed E-state index contributed by atoms with van der Waals surface area (Å²) in [6.45, 7) is 15.2. The number of benzene rings is 1. The Morgan fingerprint density at radius 2 is 1.81 bits per heavy atom. The highest BCUT2D eigenvalue weighted by atomic mass is 28.4. The molecule has 2 saturated heterocycles. The van der Waals surface area contributed by atoms with E-state index in [9.17, 15) is 4.79 Å². The Hall–Kier alpha value is -2.82. The van der Waals surface area contributed by atoms with Crippen molar-refractivity contribution in [3.8, 4) is 11.4 Å². The smallest absolute Gasteiger partial charge is 0.298 e. The van der Waals surface area contributed by atoms with Gasteiger partial charge in [-0.3, -0.25) is 9.36 Å². The van der Waals surface area contributed by atoms with Gasteiger partial charge in [-0.05, 0) is 55.2 Å². The van der Waals surface area contributed by atoms with Gasteiger partial charge in [-0.2, -0.15) is 0 Å². The molecule has 2 aromatic heterocycles. The maximum absolute atomic E-state index is 13.5. The van der Waals surface area contributed by atoms with Crippen LogP contribution in [0.5, 0.6) is 0 Å². The second kappa shape index (κ2) is 9.24. The van der Waals surface area contributed by atoms with Crippen molar-refractivity contribution in [1.82, 2.24) is 24.5 Å². The molecule has 0 bridgehead atoms. The molecule has 192 valence electrons. The van der Waals surface area contributed by atoms with Crippen LogP contribution < -0.4 is 10.5 Å². The fourth-order valence-electron chi connectivity index (χ4n) is 4.44. The molecule has 0 unspecified atom stereocenters. The van der Waals surface area contributed by atoms with Crippen molar-refractivity contribution in [2.45, 2.75) is 51.7 Å². The zero-order valence-corrected chi connectivity index (χ0v) is 22.9. The number of aromatic nitrogens is 5. The molecule has 1 aromatic carbocycles. The molecule has 0 amide bonds. The highest BCUT2D eigenvalue weighted by molar-refractivity contribution is 6.74. The predicted molar refractivity (Wildman–Crippen MR) is 142 cm³/mol. The average molecular weight is 509 g/mol. The number of nitrogens with zero attached hydrogens (tertiary/aromatic N) is 6. The second-order valence-electron chi connectivity index (χ2n) is 11.7. The van der Waals surface area contributed by atoms with Gasteiger partial charge in [0.2, 0.25) is 0 Å². The molecule has 0 atom stereocenters. The van der Waals surface area contributed by atoms with E-state index in [1.54, 1.807) is 21.6 Å². The van der Waals surface area contributed by atoms with Crippen molar-refractivity contribution >= 4 is 14.1 Å². The van der Waals surface area contributed by atoms with Crippen molar-refractivity contribution in [2.24, 2.45) is 5.41 Å². The van der Waals surface area contributed by atoms with E-state index in [2.05, 4.69) is 49.1 Å². The zero-order valence-electron chi connectivity index (χ0n) is 21.9. The van der Waals surface area contributed by atoms with E-state index in [0.29, 0.717) is 12.4 Å². The van der Waals surface area contributed by atoms with E-state index in [4.69, 9.17) is 14.1 Å². The molecule has 2 aliphatic heterocycles. The highest BCUT2D eigenvalue weighted by Crippen LogP contribution is 2.39. The summed E-state index contributed by atoms with van der Waals surface area (Å²) >= 11 is 0. The quantitative estimate of drug-likeness (QED) is 0.339. The largest absolute Gasteiger partial charge is 0.417 e. The first-order chi connectivity index (χ1) is 17.1. The normalized spacial score (nSPS) is 17.2. The summed E-state index contributed by atoms with van der Waals surface area (Å²) in [5.41, 5.74) is 2.69. The third-order valence-electron chi connectivity index (χ3n) is 7.77. The van der Waals surface area contributed by atoms with Crippen LogP contribution in [-0.2, 0) is 15.6 Å². The van der Waals surface area contributed by atoms with Gasteiger partial charge in [0.05, 0.1) is 42.4 Å². The summed E-state index contributed by atoms with van der Waals surface area (Å²) in [5, 5.41) is 8.09. The molecule has 4 heterocycles. The Labute approximate surface area is 213 Å². The first kappa shape index (κ1) is 24.9. The number of hydrogen-bond donors (Lipinski definition) is 0. The number of anilines is 1. The third-order valence-corrected chi connectivity index (χ3v) is 12.3. The van der Waals surface area contributed by atoms with Crippen LogP contribution in [0.2, 0.25) is 18.1 Å². The Bertz CT molecular complexity index is 1250. The molecule has 10 heteroatoms. The monoisotopic (exact) mass is 508 g/mol. The van der Waals surface area contributed by atoms with Gasteiger partial charge in [0.1, 0.15) is 0 Å². The molecule has 2 fully saturated rings. The first-order valence-electron chi connectivity index (χ1n) is 12.6. The van der Waals surface area contributed by atoms with Crippen LogP contribution >= 0.6 is 0 Å². The fraction of sp³-hybridized carbons (Fsp3) is 0.538. The molecular weight excluding hydrogens is 472 g/mol. The number of hydrogen-bond acceptors (Lipinski definition) is 7. The van der Waals surface area contributed by atoms with Crippen molar-refractivity contribution in [3.63, 3.8) is 0 Å². The lowest BCUT2D eigenvalue weighted by atomic mass is 9.78. The Morgan fingerprint density at radius 3 is 2.39 bits per heavy atom. The molecule has 3 aromatic rings. The molecule has 5 rings (SSSR count). The molecule has 1 spiro atoms. The van der Waals surface area contributed by atoms with Crippen molar-refractivity contribution < 1.29 is 9.16 Å². The lowest BCUT2D eigenvalue weighted by Crippen LogP contribution is -2.67. The Morgan fingerprint density at radius 1 is 1.11 bits per heavy atom. The maximum atomic E-state index is 13.5. The van der Waals surface area contributed by atoms with Crippen LogP contribution in [0, 0.1) is 5.41 Å². The fourth-order valence-corrected chi connectivity index (χ4v) is 5.53. The topological polar surface area (TPSA) is 87.3 Å². The summed E-state index contributed by atoms with van der Waals surface area (Å²) in [4.78, 5) is 20.5. The van der Waals surface area contributed by atoms with E-state index in [-0.39, 0.29) is 16.0 Å². The molecular formula is C26H36N6O3Si. The highest BCUT2D eigenvalue weighted by Gasteiger charge is 2.50. The van der Waals surface area contributed by atoms with Crippen LogP contribution in [0.1, 0.15) is 32.9 Å². The van der Waals surface area contributed by atoms with Gasteiger partial charge >= 0.3 is 0 Å². The maximum Gasteiger partial charge on any atom is 0.298 e. The van der Waals surface area contributed by atoms with E-state index < -0.39 is 8.32 Å². The molecule has 0 aliphatic carbocycles. The van der Waals surface area contributed by atoms with Gasteiger partial charge in [-0.15, -0.1) is 5.10 Å². The van der Waals surface area contributed by atoms with Gasteiger partial charge < -0.3 is 14.1 Å². The zero-order chi connectivity index (χ0) is 25.6. The Balaban J connectivity index is 1.38. The summed E-state index contributed by atoms with van der Waals surface area (Å²) in [6, 6.07) is 7.75. The predicted octanol–water partition coefficient (Wildman–Crippen LogP) is 3.60. The minimum Gasteiger partial charge on any atom is -0.417 e. The Kier molecular flexibility index (Phi) is 6.38. The first-order valence-corrected chi connectivity index (χ1v) is 15.5. The van der Waals surface area contributed by atoms with Gasteiger partial charge in [-0.25, -0.2) is 9.67 Å². The average Bonchev–Trinajstić information content (AvgIpc) is 3.31. The van der Waals surface area contributed by atoms with E-state index in [1.807, 2.05) is 30.5 Å². The molecule has 0 radical (unpaired) electrons. The van der Waals surface area contributed by atoms with Crippen molar-refractivity contribution in [3.05, 3.63) is 58.9 Å². The van der Waals surface area contributed by atoms with Crippen LogP contribution in [0.15, 0.2) is 47.7 Å². The van der Waals surface area contributed by atoms with E-state index in [1.165, 1.54) is 0 Å². The molecule has 9 nitrogen and oxygen atoms in total. The lowest BCUT2D eigenvalue weighted by Gasteiger charge is -2.55. The van der Waals surface area contributed by atoms with Crippen LogP contribution in [0.4, 0.5) is 5.82 Å². The minimum atomic E-state index is -1.79. The molecule has 36 heavy (non-hydrogen) atoms. The van der Waals surface area contributed by atoms with Crippen molar-refractivity contribution in [2.75, 3.05) is 37.8 Å². The lowest BCUT2D eigenvalue weighted by molar-refractivity contribution is -0.127. The van der Waals surface area contributed by atoms with Gasteiger partial charge in [0, 0.05) is 31.6 Å². The SMILES string of the molecule is CC(C)(C)[Si](C)(C)OCCCc1cn(-c2ccc(-n3ccnn3)cc2)c(=O)c(N2CC3(COC3)C2)n1. The molecule has 0 saturated carbocycles. The van der Waals surface area contributed by atoms with E-state index >= 15 is 0 Å². The van der Waals surface area contributed by atoms with Crippen LogP contribution in [0.3, 0.4) is 0 Å². The second-order valence-corrected chi connectivity index (χ2v) is 16.5. The molecule has 0 N–H and O–H groups in total. The van der Waals surface area contributed by atoms with Gasteiger partial charge in [-0.1, -0.05) is 26.0 Å².